The molecule has 0 radical (unpaired) electrons. The zero-order valence-corrected chi connectivity index (χ0v) is 8.61. The van der Waals surface area contributed by atoms with Gasteiger partial charge in [0.15, 0.2) is 0 Å². The first-order valence-electron chi connectivity index (χ1n) is 4.98. The highest BCUT2D eigenvalue weighted by molar-refractivity contribution is 5.23. The number of nitrogens with zero attached hydrogens (tertiary/aromatic N) is 2. The minimum Gasteiger partial charge on any atom is -0.394 e. The molecule has 1 aromatic rings. The van der Waals surface area contributed by atoms with Gasteiger partial charge >= 0.3 is 5.69 Å². The summed E-state index contributed by atoms with van der Waals surface area (Å²) in [6.07, 6.45) is 1.07. The summed E-state index contributed by atoms with van der Waals surface area (Å²) in [7, 11) is 0. The summed E-state index contributed by atoms with van der Waals surface area (Å²) in [5, 5.41) is 8.99. The van der Waals surface area contributed by atoms with Crippen LogP contribution in [0.5, 0.6) is 0 Å². The van der Waals surface area contributed by atoms with Crippen molar-refractivity contribution >= 4 is 5.82 Å². The molecule has 1 aliphatic heterocycles. The monoisotopic (exact) mass is 226 g/mol. The summed E-state index contributed by atoms with van der Waals surface area (Å²) in [4.78, 5) is 15.1. The Hall–Kier alpha value is -1.44. The molecule has 1 saturated heterocycles. The Morgan fingerprint density at radius 2 is 2.44 bits per heavy atom. The molecule has 2 heterocycles. The van der Waals surface area contributed by atoms with E-state index in [0.717, 1.165) is 0 Å². The Balaban J connectivity index is 2.23. The van der Waals surface area contributed by atoms with E-state index in [2.05, 4.69) is 4.98 Å². The third kappa shape index (κ3) is 1.92. The second-order valence-electron chi connectivity index (χ2n) is 3.75. The van der Waals surface area contributed by atoms with Crippen LogP contribution >= 0.6 is 0 Å². The summed E-state index contributed by atoms with van der Waals surface area (Å²) >= 11 is 0. The maximum Gasteiger partial charge on any atom is 0.351 e. The highest BCUT2D eigenvalue weighted by Crippen LogP contribution is 2.25. The van der Waals surface area contributed by atoms with Crippen LogP contribution in [0, 0.1) is 0 Å². The van der Waals surface area contributed by atoms with Gasteiger partial charge in [-0.2, -0.15) is 4.98 Å². The van der Waals surface area contributed by atoms with E-state index in [1.54, 1.807) is 0 Å². The van der Waals surface area contributed by atoms with Crippen molar-refractivity contribution in [2.24, 2.45) is 5.73 Å². The van der Waals surface area contributed by atoms with Crippen molar-refractivity contribution in [1.29, 1.82) is 0 Å². The molecule has 1 aromatic heterocycles. The first-order chi connectivity index (χ1) is 7.61. The lowest BCUT2D eigenvalue weighted by Crippen LogP contribution is -2.32. The predicted octanol–water partition coefficient (Wildman–Crippen LogP) is -1.57. The number of aliphatic hydroxyl groups is 1. The molecule has 16 heavy (non-hydrogen) atoms. The van der Waals surface area contributed by atoms with Crippen LogP contribution < -0.4 is 17.2 Å². The highest BCUT2D eigenvalue weighted by atomic mass is 16.5. The van der Waals surface area contributed by atoms with Crippen molar-refractivity contribution in [3.05, 3.63) is 22.7 Å². The number of aliphatic hydroxyl groups excluding tert-OH is 1. The number of hydrogen-bond donors (Lipinski definition) is 3. The van der Waals surface area contributed by atoms with E-state index in [0.29, 0.717) is 6.42 Å². The van der Waals surface area contributed by atoms with Gasteiger partial charge in [0.25, 0.3) is 0 Å². The van der Waals surface area contributed by atoms with Gasteiger partial charge in [0.2, 0.25) is 0 Å². The van der Waals surface area contributed by atoms with Gasteiger partial charge in [-0.1, -0.05) is 0 Å². The fourth-order valence-corrected chi connectivity index (χ4v) is 1.75. The van der Waals surface area contributed by atoms with E-state index < -0.39 is 18.0 Å². The summed E-state index contributed by atoms with van der Waals surface area (Å²) in [6.45, 7) is -0.158. The smallest absolute Gasteiger partial charge is 0.351 e. The highest BCUT2D eigenvalue weighted by Gasteiger charge is 2.33. The van der Waals surface area contributed by atoms with Crippen LogP contribution in [0.2, 0.25) is 0 Å². The molecule has 0 spiro atoms. The Morgan fingerprint density at radius 1 is 1.69 bits per heavy atom. The Bertz CT molecular complexity index is 433. The molecule has 2 rings (SSSR count). The van der Waals surface area contributed by atoms with Crippen molar-refractivity contribution in [3.8, 4) is 0 Å². The minimum atomic E-state index is -0.479. The van der Waals surface area contributed by atoms with Crippen molar-refractivity contribution in [1.82, 2.24) is 9.55 Å². The number of hydrogen-bond acceptors (Lipinski definition) is 6. The van der Waals surface area contributed by atoms with Crippen LogP contribution in [0.3, 0.4) is 0 Å². The zero-order valence-electron chi connectivity index (χ0n) is 8.61. The lowest BCUT2D eigenvalue weighted by molar-refractivity contribution is -0.0270. The SMILES string of the molecule is Nc1ccn([C@@H]2C[C@H](N)[C@H](CO)O2)c(=O)n1. The number of ether oxygens (including phenoxy) is 1. The van der Waals surface area contributed by atoms with Gasteiger partial charge in [-0.25, -0.2) is 4.79 Å². The fourth-order valence-electron chi connectivity index (χ4n) is 1.75. The quantitative estimate of drug-likeness (QED) is 0.561. The van der Waals surface area contributed by atoms with E-state index in [1.807, 2.05) is 0 Å². The third-order valence-corrected chi connectivity index (χ3v) is 2.62. The zero-order chi connectivity index (χ0) is 11.7. The predicted molar refractivity (Wildman–Crippen MR) is 56.5 cm³/mol. The molecule has 0 aliphatic carbocycles. The molecule has 0 unspecified atom stereocenters. The van der Waals surface area contributed by atoms with Gasteiger partial charge in [-0.15, -0.1) is 0 Å². The van der Waals surface area contributed by atoms with Gasteiger partial charge < -0.3 is 21.3 Å². The first-order valence-corrected chi connectivity index (χ1v) is 4.98. The van der Waals surface area contributed by atoms with Crippen molar-refractivity contribution in [3.63, 3.8) is 0 Å². The average molecular weight is 226 g/mol. The number of rotatable bonds is 2. The summed E-state index contributed by atoms with van der Waals surface area (Å²) in [5.41, 5.74) is 10.7. The lowest BCUT2D eigenvalue weighted by atomic mass is 10.1. The van der Waals surface area contributed by atoms with E-state index in [4.69, 9.17) is 21.3 Å². The standard InChI is InChI=1S/C9H14N4O3/c10-5-3-8(16-6(5)4-14)13-2-1-7(11)12-9(13)15/h1-2,5-6,8,14H,3-4,10H2,(H2,11,12,15)/t5-,6-,8-/m0/s1. The molecule has 5 N–H and O–H groups in total. The topological polar surface area (TPSA) is 116 Å². The molecular formula is C9H14N4O3. The molecule has 0 amide bonds. The minimum absolute atomic E-state index is 0.158. The molecule has 7 heteroatoms. The molecular weight excluding hydrogens is 212 g/mol. The van der Waals surface area contributed by atoms with E-state index in [9.17, 15) is 4.79 Å². The normalized spacial score (nSPS) is 29.5. The second kappa shape index (κ2) is 4.20. The van der Waals surface area contributed by atoms with E-state index in [-0.39, 0.29) is 18.5 Å². The lowest BCUT2D eigenvalue weighted by Gasteiger charge is -2.14. The Labute approximate surface area is 91.6 Å². The molecule has 0 aromatic carbocycles. The van der Waals surface area contributed by atoms with Crippen LogP contribution in [0.1, 0.15) is 12.6 Å². The van der Waals surface area contributed by atoms with Crippen molar-refractivity contribution in [2.75, 3.05) is 12.3 Å². The summed E-state index contributed by atoms with van der Waals surface area (Å²) in [6, 6.07) is 1.24. The second-order valence-corrected chi connectivity index (χ2v) is 3.75. The third-order valence-electron chi connectivity index (χ3n) is 2.62. The Kier molecular flexibility index (Phi) is 2.90. The molecule has 3 atom stereocenters. The number of nitrogens with two attached hydrogens (primary N) is 2. The molecule has 7 nitrogen and oxygen atoms in total. The first kappa shape index (κ1) is 11.1. The van der Waals surface area contributed by atoms with Gasteiger partial charge in [0.1, 0.15) is 12.0 Å². The number of aromatic nitrogens is 2. The molecule has 1 aliphatic rings. The fraction of sp³-hybridized carbons (Fsp3) is 0.556. The number of anilines is 1. The van der Waals surface area contributed by atoms with Crippen LogP contribution in [0.25, 0.3) is 0 Å². The van der Waals surface area contributed by atoms with Gasteiger partial charge in [-0.3, -0.25) is 4.57 Å². The van der Waals surface area contributed by atoms with E-state index >= 15 is 0 Å². The van der Waals surface area contributed by atoms with Crippen LogP contribution in [-0.2, 0) is 4.74 Å². The van der Waals surface area contributed by atoms with Gasteiger partial charge in [0.05, 0.1) is 12.7 Å². The molecule has 0 bridgehead atoms. The molecule has 88 valence electrons. The maximum atomic E-state index is 11.5. The average Bonchev–Trinajstić information content (AvgIpc) is 2.59. The molecule has 0 saturated carbocycles. The van der Waals surface area contributed by atoms with Crippen molar-refractivity contribution < 1.29 is 9.84 Å². The van der Waals surface area contributed by atoms with Crippen LogP contribution in [0.4, 0.5) is 5.82 Å². The largest absolute Gasteiger partial charge is 0.394 e. The van der Waals surface area contributed by atoms with Gasteiger partial charge in [0, 0.05) is 18.7 Å². The summed E-state index contributed by atoms with van der Waals surface area (Å²) < 4.78 is 6.76. The van der Waals surface area contributed by atoms with Gasteiger partial charge in [-0.05, 0) is 6.07 Å². The summed E-state index contributed by atoms with van der Waals surface area (Å²) in [5.74, 6) is 0.169. The van der Waals surface area contributed by atoms with Crippen LogP contribution in [0.15, 0.2) is 17.1 Å². The van der Waals surface area contributed by atoms with Crippen molar-refractivity contribution in [2.45, 2.75) is 24.8 Å². The Morgan fingerprint density at radius 3 is 3.00 bits per heavy atom. The molecule has 1 fully saturated rings. The number of nitrogen functional groups attached to an aromatic ring is 1. The van der Waals surface area contributed by atoms with E-state index in [1.165, 1.54) is 16.8 Å². The van der Waals surface area contributed by atoms with Crippen LogP contribution in [-0.4, -0.2) is 33.4 Å². The maximum absolute atomic E-state index is 11.5.